The summed E-state index contributed by atoms with van der Waals surface area (Å²) in [4.78, 5) is 0. The van der Waals surface area contributed by atoms with Crippen molar-refractivity contribution in [3.8, 4) is 0 Å². The van der Waals surface area contributed by atoms with E-state index in [1.807, 2.05) is 6.08 Å². The van der Waals surface area contributed by atoms with Crippen LogP contribution in [-0.4, -0.2) is 37.3 Å². The Hall–Kier alpha value is -0.760. The maximum Gasteiger partial charge on any atom is 0.111 e. The first kappa shape index (κ1) is 9.33. The van der Waals surface area contributed by atoms with Crippen molar-refractivity contribution in [2.75, 3.05) is 27.7 Å². The highest BCUT2D eigenvalue weighted by molar-refractivity contribution is 5.16. The smallest absolute Gasteiger partial charge is 0.111 e. The van der Waals surface area contributed by atoms with E-state index in [1.165, 1.54) is 0 Å². The topological polar surface area (TPSA) is 20.2 Å². The predicted molar refractivity (Wildman–Crippen MR) is 50.9 cm³/mol. The molecule has 1 unspecified atom stereocenters. The van der Waals surface area contributed by atoms with Crippen LogP contribution >= 0.6 is 0 Å². The molecule has 0 aliphatic heterocycles. The van der Waals surface area contributed by atoms with Gasteiger partial charge in [-0.3, -0.25) is 0 Å². The Morgan fingerprint density at radius 2 is 2.17 bits per heavy atom. The minimum atomic E-state index is 0.410. The van der Waals surface area contributed by atoms with Crippen molar-refractivity contribution in [3.63, 3.8) is 0 Å². The predicted octanol–water partition coefficient (Wildman–Crippen LogP) is 1.71. The normalized spacial score (nSPS) is 23.9. The van der Waals surface area contributed by atoms with E-state index in [-0.39, 0.29) is 0 Å². The average molecular weight is 168 g/mol. The van der Waals surface area contributed by atoms with Crippen molar-refractivity contribution in [1.82, 2.24) is 0 Å². The summed E-state index contributed by atoms with van der Waals surface area (Å²) in [7, 11) is 6.56. The van der Waals surface area contributed by atoms with E-state index in [1.54, 1.807) is 6.08 Å². The molecule has 1 aliphatic carbocycles. The van der Waals surface area contributed by atoms with Crippen LogP contribution in [0.25, 0.3) is 0 Å². The second kappa shape index (κ2) is 3.31. The number of rotatable bonds is 2. The average Bonchev–Trinajstić information content (AvgIpc) is 1.91. The first-order valence-electron chi connectivity index (χ1n) is 4.35. The van der Waals surface area contributed by atoms with Gasteiger partial charge < -0.3 is 9.59 Å². The Balaban J connectivity index is 2.44. The van der Waals surface area contributed by atoms with Crippen molar-refractivity contribution in [1.29, 1.82) is 0 Å². The number of allylic oxidation sites excluding steroid dienone is 2. The van der Waals surface area contributed by atoms with Crippen molar-refractivity contribution in [2.24, 2.45) is 5.92 Å². The van der Waals surface area contributed by atoms with Gasteiger partial charge in [0, 0.05) is 5.92 Å². The highest BCUT2D eigenvalue weighted by Gasteiger charge is 2.16. The number of nitrogens with zero attached hydrogens (tertiary/aromatic N) is 1. The Morgan fingerprint density at radius 3 is 2.58 bits per heavy atom. The molecule has 0 aromatic carbocycles. The molecule has 2 heteroatoms. The zero-order valence-electron chi connectivity index (χ0n) is 8.12. The fraction of sp³-hybridized carbons (Fsp3) is 0.600. The van der Waals surface area contributed by atoms with Crippen molar-refractivity contribution in [2.45, 2.75) is 6.42 Å². The molecule has 1 N–H and O–H groups in total. The molecule has 0 amide bonds. The summed E-state index contributed by atoms with van der Waals surface area (Å²) >= 11 is 0. The fourth-order valence-electron chi connectivity index (χ4n) is 1.49. The van der Waals surface area contributed by atoms with Gasteiger partial charge in [-0.25, -0.2) is 0 Å². The highest BCUT2D eigenvalue weighted by atomic mass is 16.3. The molecule has 1 aliphatic rings. The molecular weight excluding hydrogens is 150 g/mol. The van der Waals surface area contributed by atoms with Crippen LogP contribution in [0.1, 0.15) is 6.42 Å². The minimum absolute atomic E-state index is 0.410. The fourth-order valence-corrected chi connectivity index (χ4v) is 1.49. The summed E-state index contributed by atoms with van der Waals surface area (Å²) in [5, 5.41) is 9.09. The van der Waals surface area contributed by atoms with Crippen LogP contribution in [0.4, 0.5) is 0 Å². The van der Waals surface area contributed by atoms with Gasteiger partial charge in [0.15, 0.2) is 0 Å². The third kappa shape index (κ3) is 3.09. The first-order valence-corrected chi connectivity index (χ1v) is 4.35. The van der Waals surface area contributed by atoms with E-state index < -0.39 is 0 Å². The quantitative estimate of drug-likeness (QED) is 0.622. The number of hydrogen-bond donors (Lipinski definition) is 1. The molecule has 1 atom stereocenters. The third-order valence-electron chi connectivity index (χ3n) is 1.95. The Morgan fingerprint density at radius 1 is 1.50 bits per heavy atom. The van der Waals surface area contributed by atoms with Crippen LogP contribution in [-0.2, 0) is 0 Å². The molecule has 0 aromatic heterocycles. The molecule has 0 saturated carbocycles. The maximum atomic E-state index is 9.09. The number of aliphatic hydroxyl groups excluding tert-OH is 1. The largest absolute Gasteiger partial charge is 0.508 e. The molecule has 0 spiro atoms. The molecule has 0 saturated heterocycles. The molecule has 1 rings (SSSR count). The molecular formula is C10H18NO+. The zero-order valence-corrected chi connectivity index (χ0v) is 8.12. The molecule has 12 heavy (non-hydrogen) atoms. The van der Waals surface area contributed by atoms with Gasteiger partial charge in [-0.1, -0.05) is 6.08 Å². The van der Waals surface area contributed by atoms with E-state index in [0.29, 0.717) is 11.7 Å². The summed E-state index contributed by atoms with van der Waals surface area (Å²) in [5.74, 6) is 0.994. The highest BCUT2D eigenvalue weighted by Crippen LogP contribution is 2.16. The van der Waals surface area contributed by atoms with E-state index in [4.69, 9.17) is 5.11 Å². The molecule has 0 radical (unpaired) electrons. The summed E-state index contributed by atoms with van der Waals surface area (Å²) < 4.78 is 0.976. The van der Waals surface area contributed by atoms with Crippen molar-refractivity contribution >= 4 is 0 Å². The number of quaternary nitrogens is 1. The van der Waals surface area contributed by atoms with Gasteiger partial charge in [-0.05, 0) is 18.6 Å². The van der Waals surface area contributed by atoms with Gasteiger partial charge in [0.05, 0.1) is 27.7 Å². The molecule has 0 bridgehead atoms. The molecule has 68 valence electrons. The van der Waals surface area contributed by atoms with E-state index in [0.717, 1.165) is 17.4 Å². The molecule has 2 nitrogen and oxygen atoms in total. The van der Waals surface area contributed by atoms with Crippen LogP contribution in [0.3, 0.4) is 0 Å². The van der Waals surface area contributed by atoms with Crippen molar-refractivity contribution in [3.05, 3.63) is 24.0 Å². The second-order valence-corrected chi connectivity index (χ2v) is 4.46. The van der Waals surface area contributed by atoms with Gasteiger partial charge in [0.25, 0.3) is 0 Å². The van der Waals surface area contributed by atoms with Crippen LogP contribution in [0.2, 0.25) is 0 Å². The van der Waals surface area contributed by atoms with Crippen molar-refractivity contribution < 1.29 is 9.59 Å². The zero-order chi connectivity index (χ0) is 9.19. The minimum Gasteiger partial charge on any atom is -0.508 e. The molecule has 0 fully saturated rings. The van der Waals surface area contributed by atoms with Gasteiger partial charge in [0.2, 0.25) is 0 Å². The summed E-state index contributed by atoms with van der Waals surface area (Å²) in [6, 6.07) is 0. The number of hydrogen-bond acceptors (Lipinski definition) is 1. The summed E-state index contributed by atoms with van der Waals surface area (Å²) in [5.41, 5.74) is 0. The maximum absolute atomic E-state index is 9.09. The lowest BCUT2D eigenvalue weighted by Crippen LogP contribution is -2.38. The summed E-state index contributed by atoms with van der Waals surface area (Å²) in [6.45, 7) is 1.13. The third-order valence-corrected chi connectivity index (χ3v) is 1.95. The molecule has 0 heterocycles. The van der Waals surface area contributed by atoms with Crippen LogP contribution in [0, 0.1) is 5.92 Å². The van der Waals surface area contributed by atoms with Crippen LogP contribution < -0.4 is 0 Å². The van der Waals surface area contributed by atoms with Gasteiger partial charge in [-0.2, -0.15) is 0 Å². The van der Waals surface area contributed by atoms with E-state index in [2.05, 4.69) is 27.2 Å². The van der Waals surface area contributed by atoms with Crippen LogP contribution in [0.5, 0.6) is 0 Å². The van der Waals surface area contributed by atoms with E-state index >= 15 is 0 Å². The van der Waals surface area contributed by atoms with E-state index in [9.17, 15) is 0 Å². The Labute approximate surface area is 74.4 Å². The standard InChI is InChI=1S/C10H17NO/c1-11(2,3)8-9-4-6-10(12)7-5-9/h4,6-7,9H,5,8H2,1-3H3/p+1. The van der Waals surface area contributed by atoms with Gasteiger partial charge >= 0.3 is 0 Å². The van der Waals surface area contributed by atoms with Crippen LogP contribution in [0.15, 0.2) is 24.0 Å². The first-order chi connectivity index (χ1) is 5.47. The van der Waals surface area contributed by atoms with Gasteiger partial charge in [0.1, 0.15) is 5.76 Å². The monoisotopic (exact) mass is 168 g/mol. The SMILES string of the molecule is C[N+](C)(C)CC1C=CC(O)=CC1. The Bertz CT molecular complexity index is 210. The lowest BCUT2D eigenvalue weighted by molar-refractivity contribution is -0.873. The Kier molecular flexibility index (Phi) is 2.58. The summed E-state index contributed by atoms with van der Waals surface area (Å²) in [6.07, 6.45) is 6.75. The lowest BCUT2D eigenvalue weighted by atomic mass is 9.99. The lowest BCUT2D eigenvalue weighted by Gasteiger charge is -2.28. The molecule has 0 aromatic rings. The number of aliphatic hydroxyl groups is 1. The second-order valence-electron chi connectivity index (χ2n) is 4.46. The van der Waals surface area contributed by atoms with Gasteiger partial charge in [-0.15, -0.1) is 0 Å².